The second-order valence-electron chi connectivity index (χ2n) is 7.31. The van der Waals surface area contributed by atoms with Gasteiger partial charge in [-0.1, -0.05) is 60.2 Å². The number of aromatic amines is 1. The number of rotatable bonds is 6. The van der Waals surface area contributed by atoms with E-state index in [1.54, 1.807) is 17.8 Å². The maximum Gasteiger partial charge on any atom is 0.329 e. The van der Waals surface area contributed by atoms with Gasteiger partial charge in [-0.25, -0.2) is 10.2 Å². The van der Waals surface area contributed by atoms with E-state index in [1.165, 1.54) is 4.57 Å². The highest BCUT2D eigenvalue weighted by Gasteiger charge is 2.17. The molecule has 162 valence electrons. The molecule has 0 bridgehead atoms. The highest BCUT2D eigenvalue weighted by Crippen LogP contribution is 2.18. The number of imidazole rings is 1. The molecule has 0 saturated carbocycles. The molecule has 2 N–H and O–H groups in total. The second kappa shape index (κ2) is 9.19. The predicted molar refractivity (Wildman–Crippen MR) is 131 cm³/mol. The first-order chi connectivity index (χ1) is 15.4. The molecule has 0 saturated heterocycles. The summed E-state index contributed by atoms with van der Waals surface area (Å²) in [6, 6.07) is 17.8. The summed E-state index contributed by atoms with van der Waals surface area (Å²) >= 11 is 3.48. The van der Waals surface area contributed by atoms with E-state index in [4.69, 9.17) is 0 Å². The van der Waals surface area contributed by atoms with Crippen LogP contribution in [0.15, 0.2) is 73.8 Å². The van der Waals surface area contributed by atoms with Crippen LogP contribution in [0.3, 0.4) is 0 Å². The fourth-order valence-corrected chi connectivity index (χ4v) is 3.61. The lowest BCUT2D eigenvalue weighted by Gasteiger charge is -2.08. The van der Waals surface area contributed by atoms with Crippen molar-refractivity contribution in [3.05, 3.63) is 96.6 Å². The van der Waals surface area contributed by atoms with Crippen molar-refractivity contribution < 1.29 is 0 Å². The molecular formula is C23H21BrN6O2. The van der Waals surface area contributed by atoms with Crippen LogP contribution < -0.4 is 16.7 Å². The number of nitrogens with zero attached hydrogens (tertiary/aromatic N) is 4. The molecule has 4 rings (SSSR count). The van der Waals surface area contributed by atoms with Crippen LogP contribution in [0.1, 0.15) is 16.7 Å². The number of nitrogens with one attached hydrogen (secondary N) is 2. The number of anilines is 1. The minimum absolute atomic E-state index is 0.280. The standard InChI is InChI=1S/C23H21BrN6O2/c1-15-8-10-17(11-9-15)14-30-19-20(29(2)23(32)27-21(19)31)26-22(30)28-25-13-18(24)12-16-6-4-3-5-7-16/h3-13H,14H2,1-2H3,(H,26,28)(H,27,31,32). The van der Waals surface area contributed by atoms with Crippen LogP contribution in [-0.2, 0) is 13.6 Å². The predicted octanol–water partition coefficient (Wildman–Crippen LogP) is 3.61. The summed E-state index contributed by atoms with van der Waals surface area (Å²) in [6.45, 7) is 2.40. The zero-order valence-electron chi connectivity index (χ0n) is 17.5. The molecule has 8 nitrogen and oxygen atoms in total. The minimum Gasteiger partial charge on any atom is -0.298 e. The Morgan fingerprint density at radius 3 is 2.59 bits per heavy atom. The number of allylic oxidation sites excluding steroid dienone is 1. The van der Waals surface area contributed by atoms with Gasteiger partial charge in [-0.15, -0.1) is 0 Å². The molecule has 2 aromatic carbocycles. The van der Waals surface area contributed by atoms with Gasteiger partial charge in [0.05, 0.1) is 12.8 Å². The molecule has 0 atom stereocenters. The number of hydrogen-bond acceptors (Lipinski definition) is 5. The summed E-state index contributed by atoms with van der Waals surface area (Å²) < 4.78 is 3.77. The van der Waals surface area contributed by atoms with Crippen molar-refractivity contribution in [3.8, 4) is 0 Å². The molecular weight excluding hydrogens is 472 g/mol. The van der Waals surface area contributed by atoms with E-state index in [1.807, 2.05) is 67.6 Å². The van der Waals surface area contributed by atoms with Crippen LogP contribution in [0, 0.1) is 6.92 Å². The lowest BCUT2D eigenvalue weighted by Crippen LogP contribution is -2.29. The van der Waals surface area contributed by atoms with E-state index >= 15 is 0 Å². The molecule has 4 aromatic rings. The average molecular weight is 493 g/mol. The van der Waals surface area contributed by atoms with E-state index in [-0.39, 0.29) is 5.65 Å². The van der Waals surface area contributed by atoms with Gasteiger partial charge in [-0.05, 0) is 40.1 Å². The fraction of sp³-hybridized carbons (Fsp3) is 0.130. The van der Waals surface area contributed by atoms with Crippen molar-refractivity contribution in [1.82, 2.24) is 19.1 Å². The number of hydrazone groups is 1. The molecule has 0 aliphatic rings. The summed E-state index contributed by atoms with van der Waals surface area (Å²) in [4.78, 5) is 31.5. The molecule has 0 fully saturated rings. The molecule has 32 heavy (non-hydrogen) atoms. The first kappa shape index (κ1) is 21.5. The zero-order valence-corrected chi connectivity index (χ0v) is 19.1. The van der Waals surface area contributed by atoms with Crippen molar-refractivity contribution in [2.75, 3.05) is 5.43 Å². The normalized spacial score (nSPS) is 12.0. The maximum absolute atomic E-state index is 12.6. The molecule has 0 amide bonds. The second-order valence-corrected chi connectivity index (χ2v) is 8.22. The van der Waals surface area contributed by atoms with Crippen LogP contribution in [0.4, 0.5) is 5.95 Å². The first-order valence-corrected chi connectivity index (χ1v) is 10.7. The van der Waals surface area contributed by atoms with E-state index in [9.17, 15) is 9.59 Å². The average Bonchev–Trinajstić information content (AvgIpc) is 3.13. The Balaban J connectivity index is 1.71. The van der Waals surface area contributed by atoms with Gasteiger partial charge >= 0.3 is 5.69 Å². The molecule has 0 radical (unpaired) electrons. The monoisotopic (exact) mass is 492 g/mol. The number of halogens is 1. The Morgan fingerprint density at radius 2 is 1.88 bits per heavy atom. The quantitative estimate of drug-likeness (QED) is 0.317. The summed E-state index contributed by atoms with van der Waals surface area (Å²) in [5.41, 5.74) is 5.62. The number of fused-ring (bicyclic) bond motifs is 1. The molecule has 9 heteroatoms. The number of benzene rings is 2. The summed E-state index contributed by atoms with van der Waals surface area (Å²) in [7, 11) is 1.57. The smallest absolute Gasteiger partial charge is 0.298 e. The highest BCUT2D eigenvalue weighted by atomic mass is 79.9. The van der Waals surface area contributed by atoms with Crippen molar-refractivity contribution in [2.24, 2.45) is 12.1 Å². The van der Waals surface area contributed by atoms with Crippen LogP contribution in [0.2, 0.25) is 0 Å². The van der Waals surface area contributed by atoms with Gasteiger partial charge in [-0.3, -0.25) is 18.9 Å². The number of H-pyrrole nitrogens is 1. The van der Waals surface area contributed by atoms with Gasteiger partial charge in [0.2, 0.25) is 5.95 Å². The molecule has 2 aromatic heterocycles. The largest absolute Gasteiger partial charge is 0.329 e. The van der Waals surface area contributed by atoms with E-state index in [0.717, 1.165) is 21.2 Å². The Labute approximate surface area is 192 Å². The lowest BCUT2D eigenvalue weighted by atomic mass is 10.1. The zero-order chi connectivity index (χ0) is 22.7. The summed E-state index contributed by atoms with van der Waals surface area (Å²) in [5, 5.41) is 4.26. The molecule has 0 spiro atoms. The van der Waals surface area contributed by atoms with Crippen LogP contribution in [0.25, 0.3) is 17.2 Å². The van der Waals surface area contributed by atoms with Gasteiger partial charge in [0.1, 0.15) is 0 Å². The van der Waals surface area contributed by atoms with Gasteiger partial charge in [0.25, 0.3) is 5.56 Å². The van der Waals surface area contributed by atoms with E-state index in [0.29, 0.717) is 18.0 Å². The van der Waals surface area contributed by atoms with Crippen LogP contribution >= 0.6 is 15.9 Å². The number of aryl methyl sites for hydroxylation is 2. The fourth-order valence-electron chi connectivity index (χ4n) is 3.25. The Bertz CT molecular complexity index is 1430. The number of hydrogen-bond donors (Lipinski definition) is 2. The van der Waals surface area contributed by atoms with Gasteiger partial charge in [0.15, 0.2) is 11.2 Å². The molecule has 0 aliphatic heterocycles. The maximum atomic E-state index is 12.6. The third-order valence-corrected chi connectivity index (χ3v) is 5.36. The SMILES string of the molecule is Cc1ccc(Cn2c(NN=CC(Br)=Cc3ccccc3)nc3c2c(=O)[nH]c(=O)n3C)cc1. The third-order valence-electron chi connectivity index (χ3n) is 4.92. The summed E-state index contributed by atoms with van der Waals surface area (Å²) in [6.07, 6.45) is 3.53. The van der Waals surface area contributed by atoms with Gasteiger partial charge in [0, 0.05) is 11.5 Å². The van der Waals surface area contributed by atoms with Gasteiger partial charge in [-0.2, -0.15) is 10.1 Å². The Morgan fingerprint density at radius 1 is 1.16 bits per heavy atom. The van der Waals surface area contributed by atoms with Crippen molar-refractivity contribution in [2.45, 2.75) is 13.5 Å². The molecule has 0 unspecified atom stereocenters. The Kier molecular flexibility index (Phi) is 6.18. The third kappa shape index (κ3) is 4.62. The van der Waals surface area contributed by atoms with Crippen LogP contribution in [-0.4, -0.2) is 25.3 Å². The highest BCUT2D eigenvalue weighted by molar-refractivity contribution is 9.12. The lowest BCUT2D eigenvalue weighted by molar-refractivity contribution is 0.808. The topological polar surface area (TPSA) is 97.1 Å². The van der Waals surface area contributed by atoms with E-state index in [2.05, 4.69) is 36.4 Å². The van der Waals surface area contributed by atoms with Crippen molar-refractivity contribution in [3.63, 3.8) is 0 Å². The van der Waals surface area contributed by atoms with E-state index < -0.39 is 11.2 Å². The Hall–Kier alpha value is -3.72. The number of aromatic nitrogens is 4. The van der Waals surface area contributed by atoms with Gasteiger partial charge < -0.3 is 0 Å². The van der Waals surface area contributed by atoms with Crippen LogP contribution in [0.5, 0.6) is 0 Å². The first-order valence-electron chi connectivity index (χ1n) is 9.89. The summed E-state index contributed by atoms with van der Waals surface area (Å²) in [5.74, 6) is 0.350. The molecule has 2 heterocycles. The van der Waals surface area contributed by atoms with Crippen molar-refractivity contribution >= 4 is 45.3 Å². The minimum atomic E-state index is -0.522. The van der Waals surface area contributed by atoms with Crippen molar-refractivity contribution in [1.29, 1.82) is 0 Å². The molecule has 0 aliphatic carbocycles.